The number of methoxy groups -OCH3 is 1. The van der Waals surface area contributed by atoms with Crippen LogP contribution in [0.1, 0.15) is 43.1 Å². The van der Waals surface area contributed by atoms with E-state index in [9.17, 15) is 4.79 Å². The summed E-state index contributed by atoms with van der Waals surface area (Å²) in [6, 6.07) is 0. The van der Waals surface area contributed by atoms with Gasteiger partial charge < -0.3 is 15.2 Å². The van der Waals surface area contributed by atoms with Crippen LogP contribution in [-0.4, -0.2) is 40.3 Å². The fourth-order valence-electron chi connectivity index (χ4n) is 3.77. The molecule has 1 atom stereocenters. The Morgan fingerprint density at radius 1 is 1.44 bits per heavy atom. The molecule has 0 radical (unpaired) electrons. The van der Waals surface area contributed by atoms with Crippen LogP contribution in [0.5, 0.6) is 0 Å². The van der Waals surface area contributed by atoms with Crippen LogP contribution in [0.15, 0.2) is 17.0 Å². The zero-order valence-electron chi connectivity index (χ0n) is 14.4. The fraction of sp³-hybridized carbons (Fsp3) is 0.588. The smallest absolute Gasteiger partial charge is 0.404 e. The molecule has 0 saturated heterocycles. The highest BCUT2D eigenvalue weighted by atomic mass is 79.9. The lowest BCUT2D eigenvalue weighted by Gasteiger charge is -2.32. The summed E-state index contributed by atoms with van der Waals surface area (Å²) in [6.45, 7) is 2.20. The number of hydrogen-bond acceptors (Lipinski definition) is 5. The molecule has 0 bridgehead atoms. The van der Waals surface area contributed by atoms with Crippen molar-refractivity contribution in [1.29, 1.82) is 0 Å². The highest BCUT2D eigenvalue weighted by Crippen LogP contribution is 2.38. The third kappa shape index (κ3) is 3.79. The summed E-state index contributed by atoms with van der Waals surface area (Å²) in [5.74, 6) is 1.83. The highest BCUT2D eigenvalue weighted by Gasteiger charge is 2.31. The highest BCUT2D eigenvalue weighted by molar-refractivity contribution is 9.10. The number of amides is 1. The average Bonchev–Trinajstić information content (AvgIpc) is 2.94. The van der Waals surface area contributed by atoms with E-state index in [0.29, 0.717) is 11.8 Å². The van der Waals surface area contributed by atoms with Crippen LogP contribution in [0.25, 0.3) is 5.52 Å². The van der Waals surface area contributed by atoms with Crippen molar-refractivity contribution < 1.29 is 14.3 Å². The number of aromatic nitrogens is 3. The Morgan fingerprint density at radius 2 is 2.16 bits per heavy atom. The van der Waals surface area contributed by atoms with Crippen LogP contribution in [0.2, 0.25) is 0 Å². The number of nitrogens with two attached hydrogens (primary N) is 1. The molecule has 0 aromatic carbocycles. The normalized spacial score (nSPS) is 22.0. The van der Waals surface area contributed by atoms with Crippen LogP contribution in [0.3, 0.4) is 0 Å². The molecule has 7 nitrogen and oxygen atoms in total. The van der Waals surface area contributed by atoms with Crippen LogP contribution in [0.4, 0.5) is 4.79 Å². The maximum atomic E-state index is 10.8. The third-order valence-corrected chi connectivity index (χ3v) is 5.63. The largest absolute Gasteiger partial charge is 0.447 e. The molecule has 25 heavy (non-hydrogen) atoms. The first-order chi connectivity index (χ1) is 12.0. The number of aryl methyl sites for hydroxylation is 1. The molecule has 2 heterocycles. The number of imidazole rings is 1. The van der Waals surface area contributed by atoms with Gasteiger partial charge in [-0.2, -0.15) is 0 Å². The molecular formula is C17H23BrN4O3. The van der Waals surface area contributed by atoms with E-state index in [1.165, 1.54) is 0 Å². The molecule has 2 N–H and O–H groups in total. The summed E-state index contributed by atoms with van der Waals surface area (Å²) in [5, 5.41) is 0. The van der Waals surface area contributed by atoms with E-state index in [0.717, 1.165) is 47.3 Å². The number of carbonyl (C=O) groups is 1. The van der Waals surface area contributed by atoms with Crippen LogP contribution < -0.4 is 5.73 Å². The first-order valence-corrected chi connectivity index (χ1v) is 9.24. The number of primary amides is 1. The summed E-state index contributed by atoms with van der Waals surface area (Å²) in [4.78, 5) is 19.9. The van der Waals surface area contributed by atoms with Crippen molar-refractivity contribution in [1.82, 2.24) is 14.4 Å². The molecule has 1 saturated carbocycles. The van der Waals surface area contributed by atoms with Crippen molar-refractivity contribution in [3.05, 3.63) is 28.5 Å². The van der Waals surface area contributed by atoms with Crippen molar-refractivity contribution in [3.8, 4) is 0 Å². The Morgan fingerprint density at radius 3 is 2.80 bits per heavy atom. The number of halogens is 1. The first kappa shape index (κ1) is 18.1. The molecule has 8 heteroatoms. The van der Waals surface area contributed by atoms with Crippen molar-refractivity contribution in [2.45, 2.75) is 44.6 Å². The molecule has 2 aromatic rings. The lowest BCUT2D eigenvalue weighted by atomic mass is 9.79. The number of carbonyl (C=O) groups excluding carboxylic acids is 1. The molecular weight excluding hydrogens is 388 g/mol. The molecule has 2 aromatic heterocycles. The molecule has 1 unspecified atom stereocenters. The van der Waals surface area contributed by atoms with E-state index < -0.39 is 6.09 Å². The minimum atomic E-state index is -0.756. The van der Waals surface area contributed by atoms with Gasteiger partial charge in [-0.25, -0.2) is 9.78 Å². The Hall–Kier alpha value is -1.67. The molecule has 0 aliphatic heterocycles. The van der Waals surface area contributed by atoms with Crippen molar-refractivity contribution >= 4 is 27.5 Å². The molecule has 1 fully saturated rings. The number of nitrogens with zero attached hydrogens (tertiary/aromatic N) is 3. The predicted octanol–water partition coefficient (Wildman–Crippen LogP) is 3.18. The van der Waals surface area contributed by atoms with E-state index >= 15 is 0 Å². The summed E-state index contributed by atoms with van der Waals surface area (Å²) >= 11 is 3.56. The van der Waals surface area contributed by atoms with Crippen LogP contribution >= 0.6 is 15.9 Å². The van der Waals surface area contributed by atoms with Gasteiger partial charge in [0.15, 0.2) is 0 Å². The molecule has 0 spiro atoms. The van der Waals surface area contributed by atoms with E-state index in [1.54, 1.807) is 7.11 Å². The molecule has 1 amide bonds. The number of ether oxygens (including phenoxy) is 2. The monoisotopic (exact) mass is 410 g/mol. The molecule has 1 aliphatic rings. The van der Waals surface area contributed by atoms with E-state index in [-0.39, 0.29) is 12.7 Å². The molecule has 136 valence electrons. The predicted molar refractivity (Wildman–Crippen MR) is 96.5 cm³/mol. The minimum Gasteiger partial charge on any atom is -0.447 e. The minimum absolute atomic E-state index is 0.108. The zero-order chi connectivity index (χ0) is 18.0. The summed E-state index contributed by atoms with van der Waals surface area (Å²) in [5.41, 5.74) is 7.05. The Kier molecular flexibility index (Phi) is 5.58. The van der Waals surface area contributed by atoms with Gasteiger partial charge in [-0.1, -0.05) is 0 Å². The average molecular weight is 411 g/mol. The Balaban J connectivity index is 1.70. The first-order valence-electron chi connectivity index (χ1n) is 8.45. The second kappa shape index (κ2) is 7.70. The van der Waals surface area contributed by atoms with Gasteiger partial charge in [-0.15, -0.1) is 0 Å². The maximum Gasteiger partial charge on any atom is 0.404 e. The summed E-state index contributed by atoms with van der Waals surface area (Å²) in [6.07, 6.45) is 6.97. The van der Waals surface area contributed by atoms with Crippen LogP contribution in [0, 0.1) is 12.8 Å². The van der Waals surface area contributed by atoms with Gasteiger partial charge in [0.1, 0.15) is 22.6 Å². The lowest BCUT2D eigenvalue weighted by molar-refractivity contribution is -0.0107. The number of rotatable bonds is 5. The van der Waals surface area contributed by atoms with Gasteiger partial charge in [0.25, 0.3) is 0 Å². The summed E-state index contributed by atoms with van der Waals surface area (Å²) in [7, 11) is 1.65. The van der Waals surface area contributed by atoms with Crippen molar-refractivity contribution in [3.63, 3.8) is 0 Å². The van der Waals surface area contributed by atoms with Gasteiger partial charge in [-0.05, 0) is 54.5 Å². The number of fused-ring (bicyclic) bond motifs is 1. The second-order valence-corrected chi connectivity index (χ2v) is 7.26. The Labute approximate surface area is 155 Å². The fourth-order valence-corrected chi connectivity index (χ4v) is 4.43. The van der Waals surface area contributed by atoms with Crippen molar-refractivity contribution in [2.75, 3.05) is 13.7 Å². The van der Waals surface area contributed by atoms with Gasteiger partial charge in [0, 0.05) is 25.4 Å². The SMILES string of the molecule is COC(COC(N)=O)C1CCC(c2nc(Br)c3c(C)nccn23)CC1. The quantitative estimate of drug-likeness (QED) is 0.816. The van der Waals surface area contributed by atoms with E-state index in [2.05, 4.69) is 25.3 Å². The molecule has 1 aliphatic carbocycles. The zero-order valence-corrected chi connectivity index (χ0v) is 16.0. The van der Waals surface area contributed by atoms with Gasteiger partial charge in [-0.3, -0.25) is 9.38 Å². The van der Waals surface area contributed by atoms with E-state index in [1.807, 2.05) is 19.3 Å². The Bertz CT molecular complexity index is 756. The van der Waals surface area contributed by atoms with Crippen molar-refractivity contribution in [2.24, 2.45) is 11.7 Å². The third-order valence-electron chi connectivity index (χ3n) is 5.08. The maximum absolute atomic E-state index is 10.8. The van der Waals surface area contributed by atoms with Gasteiger partial charge >= 0.3 is 6.09 Å². The molecule has 3 rings (SSSR count). The van der Waals surface area contributed by atoms with Crippen LogP contribution in [-0.2, 0) is 9.47 Å². The standard InChI is InChI=1S/C17H23BrN4O3/c1-10-14-15(18)21-16(22(14)8-7-20-10)12-5-3-11(4-6-12)13(24-2)9-25-17(19)23/h7-8,11-13H,3-6,9H2,1-2H3,(H2,19,23). The topological polar surface area (TPSA) is 91.7 Å². The summed E-state index contributed by atoms with van der Waals surface area (Å²) < 4.78 is 13.4. The second-order valence-electron chi connectivity index (χ2n) is 6.51. The lowest BCUT2D eigenvalue weighted by Crippen LogP contribution is -2.33. The van der Waals surface area contributed by atoms with Gasteiger partial charge in [0.05, 0.1) is 11.8 Å². The van der Waals surface area contributed by atoms with Gasteiger partial charge in [0.2, 0.25) is 0 Å². The number of hydrogen-bond donors (Lipinski definition) is 1. The van der Waals surface area contributed by atoms with E-state index in [4.69, 9.17) is 20.2 Å².